The predicted molar refractivity (Wildman–Crippen MR) is 82.3 cm³/mol. The van der Waals surface area contributed by atoms with Crippen molar-refractivity contribution >= 4 is 30.0 Å². The van der Waals surface area contributed by atoms with E-state index in [-0.39, 0.29) is 5.78 Å². The minimum Gasteiger partial charge on any atom is -0.353 e. The molecule has 1 aromatic rings. The molecular weight excluding hydrogens is 292 g/mol. The number of ketones is 1. The van der Waals surface area contributed by atoms with Gasteiger partial charge in [-0.05, 0) is 31.5 Å². The lowest BCUT2D eigenvalue weighted by atomic mass is 9.81. The molecule has 102 valence electrons. The van der Waals surface area contributed by atoms with Crippen molar-refractivity contribution in [1.29, 1.82) is 5.26 Å². The van der Waals surface area contributed by atoms with Gasteiger partial charge in [0.25, 0.3) is 0 Å². The summed E-state index contributed by atoms with van der Waals surface area (Å²) in [7, 11) is 0. The molecule has 1 aliphatic rings. The molecule has 2 rings (SSSR count). The Kier molecular flexibility index (Phi) is 4.22. The van der Waals surface area contributed by atoms with Crippen LogP contribution in [-0.4, -0.2) is 5.78 Å². The zero-order valence-corrected chi connectivity index (χ0v) is 12.7. The van der Waals surface area contributed by atoms with Crippen LogP contribution in [-0.2, 0) is 4.79 Å². The maximum absolute atomic E-state index is 12.0. The molecule has 0 amide bonds. The minimum absolute atomic E-state index is 0.0754. The van der Waals surface area contributed by atoms with Gasteiger partial charge in [-0.15, -0.1) is 12.6 Å². The molecule has 0 radical (unpaired) electrons. The third-order valence-corrected chi connectivity index (χ3v) is 3.81. The van der Waals surface area contributed by atoms with Crippen molar-refractivity contribution in [3.05, 3.63) is 56.7 Å². The highest BCUT2D eigenvalue weighted by molar-refractivity contribution is 7.84. The summed E-state index contributed by atoms with van der Waals surface area (Å²) in [5.41, 5.74) is 2.52. The van der Waals surface area contributed by atoms with E-state index in [2.05, 4.69) is 24.0 Å². The second-order valence-corrected chi connectivity index (χ2v) is 5.47. The summed E-state index contributed by atoms with van der Waals surface area (Å²) < 4.78 is 0. The number of nitrogens with one attached hydrogen (secondary N) is 1. The van der Waals surface area contributed by atoms with E-state index in [1.165, 1.54) is 6.92 Å². The molecule has 5 heteroatoms. The summed E-state index contributed by atoms with van der Waals surface area (Å²) >= 11 is 10.3. The molecule has 1 aromatic carbocycles. The van der Waals surface area contributed by atoms with Gasteiger partial charge in [-0.25, -0.2) is 0 Å². The Bertz CT molecular complexity index is 685. The fourth-order valence-electron chi connectivity index (χ4n) is 2.41. The Labute approximate surface area is 128 Å². The molecule has 0 fully saturated rings. The van der Waals surface area contributed by atoms with Crippen molar-refractivity contribution in [2.75, 3.05) is 0 Å². The fraction of sp³-hybridized carbons (Fsp3) is 0.200. The highest BCUT2D eigenvalue weighted by Crippen LogP contribution is 2.39. The molecule has 1 heterocycles. The summed E-state index contributed by atoms with van der Waals surface area (Å²) in [5.74, 6) is -0.501. The smallest absolute Gasteiger partial charge is 0.158 e. The number of rotatable bonds is 2. The summed E-state index contributed by atoms with van der Waals surface area (Å²) in [5, 5.41) is 13.4. The van der Waals surface area contributed by atoms with Crippen LogP contribution >= 0.6 is 24.2 Å². The van der Waals surface area contributed by atoms with Crippen LogP contribution in [0.5, 0.6) is 0 Å². The lowest BCUT2D eigenvalue weighted by molar-refractivity contribution is -0.113. The molecule has 0 spiro atoms. The number of hydrogen-bond donors (Lipinski definition) is 2. The first kappa shape index (κ1) is 14.7. The van der Waals surface area contributed by atoms with E-state index in [9.17, 15) is 10.1 Å². The normalized spacial score (nSPS) is 18.6. The van der Waals surface area contributed by atoms with Gasteiger partial charge in [0.1, 0.15) is 0 Å². The summed E-state index contributed by atoms with van der Waals surface area (Å²) in [6.07, 6.45) is 0. The van der Waals surface area contributed by atoms with E-state index in [1.54, 1.807) is 25.1 Å². The Hall–Kier alpha value is -1.70. The summed E-state index contributed by atoms with van der Waals surface area (Å²) in [4.78, 5) is 12.0. The van der Waals surface area contributed by atoms with E-state index >= 15 is 0 Å². The van der Waals surface area contributed by atoms with Gasteiger partial charge in [-0.3, -0.25) is 4.79 Å². The molecule has 1 N–H and O–H groups in total. The zero-order valence-electron chi connectivity index (χ0n) is 11.1. The number of nitrogens with zero attached hydrogens (tertiary/aromatic N) is 1. The number of Topliss-reactive ketones (excluding diaryl/α,β-unsaturated/α-hetero) is 1. The fourth-order valence-corrected chi connectivity index (χ4v) is 2.96. The van der Waals surface area contributed by atoms with Gasteiger partial charge >= 0.3 is 0 Å². The molecular formula is C15H13ClN2OS. The molecule has 20 heavy (non-hydrogen) atoms. The highest BCUT2D eigenvalue weighted by atomic mass is 35.5. The van der Waals surface area contributed by atoms with Gasteiger partial charge in [0.2, 0.25) is 0 Å². The van der Waals surface area contributed by atoms with Crippen LogP contribution in [0.15, 0.2) is 46.1 Å². The van der Waals surface area contributed by atoms with E-state index < -0.39 is 5.92 Å². The SMILES string of the molecule is CC(=O)C1=C(C)NC(S)=C(C#N)[C@H]1c1cccc(Cl)c1. The first-order valence-corrected chi connectivity index (χ1v) is 6.85. The molecule has 1 atom stereocenters. The zero-order chi connectivity index (χ0) is 14.9. The molecule has 0 aliphatic carbocycles. The molecule has 0 saturated carbocycles. The van der Waals surface area contributed by atoms with Crippen molar-refractivity contribution in [2.24, 2.45) is 0 Å². The van der Waals surface area contributed by atoms with Gasteiger partial charge in [0.05, 0.1) is 22.6 Å². The van der Waals surface area contributed by atoms with Gasteiger partial charge in [0.15, 0.2) is 5.78 Å². The van der Waals surface area contributed by atoms with Crippen LogP contribution in [0.2, 0.25) is 5.02 Å². The second kappa shape index (κ2) is 5.74. The molecule has 0 saturated heterocycles. The van der Waals surface area contributed by atoms with Gasteiger partial charge in [-0.2, -0.15) is 5.26 Å². The van der Waals surface area contributed by atoms with E-state index in [0.29, 0.717) is 26.9 Å². The topological polar surface area (TPSA) is 52.9 Å². The Morgan fingerprint density at radius 3 is 2.75 bits per heavy atom. The molecule has 0 bridgehead atoms. The quantitative estimate of drug-likeness (QED) is 0.822. The van der Waals surface area contributed by atoms with Crippen LogP contribution in [0, 0.1) is 11.3 Å². The number of thiol groups is 1. The third-order valence-electron chi connectivity index (χ3n) is 3.22. The molecule has 1 aliphatic heterocycles. The third kappa shape index (κ3) is 2.60. The van der Waals surface area contributed by atoms with Crippen LogP contribution in [0.25, 0.3) is 0 Å². The first-order chi connectivity index (χ1) is 9.45. The summed E-state index contributed by atoms with van der Waals surface area (Å²) in [6.45, 7) is 3.30. The molecule has 3 nitrogen and oxygen atoms in total. The number of halogens is 1. The Morgan fingerprint density at radius 1 is 1.50 bits per heavy atom. The van der Waals surface area contributed by atoms with Crippen LogP contribution < -0.4 is 5.32 Å². The lowest BCUT2D eigenvalue weighted by Crippen LogP contribution is -2.26. The number of hydrogen-bond acceptors (Lipinski definition) is 4. The molecule has 0 unspecified atom stereocenters. The summed E-state index contributed by atoms with van der Waals surface area (Å²) in [6, 6.07) is 9.33. The standard InChI is InChI=1S/C15H13ClN2OS/c1-8-13(9(2)19)14(12(7-17)15(20)18-8)10-4-3-5-11(16)6-10/h3-6,14,18,20H,1-2H3/t14-/m1/s1. The lowest BCUT2D eigenvalue weighted by Gasteiger charge is -2.28. The van der Waals surface area contributed by atoms with Crippen LogP contribution in [0.3, 0.4) is 0 Å². The van der Waals surface area contributed by atoms with Crippen molar-refractivity contribution in [3.63, 3.8) is 0 Å². The average molecular weight is 305 g/mol. The van der Waals surface area contributed by atoms with Crippen molar-refractivity contribution in [2.45, 2.75) is 19.8 Å². The number of benzene rings is 1. The average Bonchev–Trinajstić information content (AvgIpc) is 2.37. The van der Waals surface area contributed by atoms with Crippen molar-refractivity contribution < 1.29 is 4.79 Å². The number of carbonyl (C=O) groups is 1. The maximum Gasteiger partial charge on any atom is 0.158 e. The number of dihydropyridines is 1. The van der Waals surface area contributed by atoms with Crippen LogP contribution in [0.1, 0.15) is 25.3 Å². The Balaban J connectivity index is 2.67. The number of allylic oxidation sites excluding steroid dienone is 3. The van der Waals surface area contributed by atoms with E-state index in [4.69, 9.17) is 11.6 Å². The number of nitriles is 1. The largest absolute Gasteiger partial charge is 0.353 e. The molecule has 0 aromatic heterocycles. The van der Waals surface area contributed by atoms with Crippen LogP contribution in [0.4, 0.5) is 0 Å². The van der Waals surface area contributed by atoms with Gasteiger partial charge in [-0.1, -0.05) is 23.7 Å². The van der Waals surface area contributed by atoms with Gasteiger partial charge < -0.3 is 5.32 Å². The van der Waals surface area contributed by atoms with E-state index in [1.807, 2.05) is 6.07 Å². The highest BCUT2D eigenvalue weighted by Gasteiger charge is 2.31. The van der Waals surface area contributed by atoms with Crippen molar-refractivity contribution in [3.8, 4) is 6.07 Å². The monoisotopic (exact) mass is 304 g/mol. The Morgan fingerprint density at radius 2 is 2.20 bits per heavy atom. The predicted octanol–water partition coefficient (Wildman–Crippen LogP) is 3.55. The first-order valence-electron chi connectivity index (χ1n) is 6.03. The maximum atomic E-state index is 12.0. The van der Waals surface area contributed by atoms with Crippen molar-refractivity contribution in [1.82, 2.24) is 5.32 Å². The van der Waals surface area contributed by atoms with E-state index in [0.717, 1.165) is 5.56 Å². The van der Waals surface area contributed by atoms with Gasteiger partial charge in [0, 0.05) is 16.3 Å². The second-order valence-electron chi connectivity index (χ2n) is 4.58. The number of carbonyl (C=O) groups excluding carboxylic acids is 1. The minimum atomic E-state index is -0.426.